The van der Waals surface area contributed by atoms with Crippen molar-refractivity contribution in [3.63, 3.8) is 0 Å². The Morgan fingerprint density at radius 3 is 1.56 bits per heavy atom. The predicted molar refractivity (Wildman–Crippen MR) is 232 cm³/mol. The van der Waals surface area contributed by atoms with E-state index >= 15 is 0 Å². The number of aliphatic hydroxyl groups is 1. The monoisotopic (exact) mass is 969 g/mol. The molecule has 0 fully saturated rings. The minimum absolute atomic E-state index is 0.00485. The van der Waals surface area contributed by atoms with Crippen molar-refractivity contribution in [1.29, 1.82) is 0 Å². The van der Waals surface area contributed by atoms with Crippen molar-refractivity contribution in [2.75, 3.05) is 119 Å². The molecule has 0 aliphatic carbocycles. The topological polar surface area (TPSA) is 352 Å². The van der Waals surface area contributed by atoms with E-state index in [4.69, 9.17) is 43.6 Å². The van der Waals surface area contributed by atoms with Crippen molar-refractivity contribution in [3.05, 3.63) is 0 Å². The van der Waals surface area contributed by atoms with Crippen molar-refractivity contribution in [2.24, 2.45) is 5.73 Å². The number of ether oxygens (including phenoxy) is 8. The van der Waals surface area contributed by atoms with Gasteiger partial charge in [-0.1, -0.05) is 0 Å². The van der Waals surface area contributed by atoms with E-state index in [1.54, 1.807) is 27.7 Å². The molecule has 0 bridgehead atoms. The number of hydrogen-bond acceptors (Lipinski definition) is 16. The van der Waals surface area contributed by atoms with E-state index < -0.39 is 49.8 Å². The van der Waals surface area contributed by atoms with Gasteiger partial charge in [0.1, 0.15) is 0 Å². The lowest BCUT2D eigenvalue weighted by molar-refractivity contribution is -0.132. The maximum atomic E-state index is 12.6. The number of carbonyl (C=O) groups excluding carboxylic acids is 4. The Bertz CT molecular complexity index is 1380. The summed E-state index contributed by atoms with van der Waals surface area (Å²) in [5.74, 6) is -1.21. The van der Waals surface area contributed by atoms with Crippen LogP contribution in [0.15, 0.2) is 0 Å². The Morgan fingerprint density at radius 1 is 0.562 bits per heavy atom. The van der Waals surface area contributed by atoms with Crippen LogP contribution in [0.4, 0.5) is 0 Å². The van der Waals surface area contributed by atoms with Gasteiger partial charge < -0.3 is 89.6 Å². The fraction of sp³-hybridized carbons (Fsp3) is 0.895. The molecular formula is C38H77N5O19P2. The van der Waals surface area contributed by atoms with Crippen LogP contribution < -0.4 is 27.0 Å². The van der Waals surface area contributed by atoms with Gasteiger partial charge in [-0.15, -0.1) is 0 Å². The molecule has 0 radical (unpaired) electrons. The summed E-state index contributed by atoms with van der Waals surface area (Å²) in [5.41, 5.74) is 3.82. The molecule has 1 unspecified atom stereocenters. The third kappa shape index (κ3) is 31.7. The van der Waals surface area contributed by atoms with Gasteiger partial charge in [0.25, 0.3) is 5.08 Å². The largest absolute Gasteiger partial charge is 0.380 e. The van der Waals surface area contributed by atoms with Gasteiger partial charge in [0.05, 0.1) is 103 Å². The first-order valence-electron chi connectivity index (χ1n) is 21.4. The number of nitrogens with two attached hydrogens (primary N) is 1. The number of rotatable bonds is 42. The fourth-order valence-corrected chi connectivity index (χ4v) is 7.36. The van der Waals surface area contributed by atoms with Crippen molar-refractivity contribution >= 4 is 38.8 Å². The fourth-order valence-electron chi connectivity index (χ4n) is 5.10. The molecule has 11 N–H and O–H groups in total. The van der Waals surface area contributed by atoms with Crippen LogP contribution in [0.1, 0.15) is 79.6 Å². The minimum Gasteiger partial charge on any atom is -0.380 e. The molecule has 4 amide bonds. The first kappa shape index (κ1) is 61.8. The Kier molecular flexibility index (Phi) is 32.9. The van der Waals surface area contributed by atoms with Crippen LogP contribution >= 0.6 is 15.2 Å². The minimum atomic E-state index is -5.57. The lowest BCUT2D eigenvalue weighted by Gasteiger charge is -2.32. The summed E-state index contributed by atoms with van der Waals surface area (Å²) >= 11 is 0. The van der Waals surface area contributed by atoms with E-state index in [1.165, 1.54) is 0 Å². The van der Waals surface area contributed by atoms with E-state index in [0.29, 0.717) is 59.3 Å². The van der Waals surface area contributed by atoms with Gasteiger partial charge in [0.15, 0.2) is 0 Å². The molecule has 378 valence electrons. The molecule has 24 nitrogen and oxygen atoms in total. The molecule has 1 atom stereocenters. The molecule has 0 aromatic rings. The summed E-state index contributed by atoms with van der Waals surface area (Å²) in [5, 5.41) is 17.2. The average Bonchev–Trinajstić information content (AvgIpc) is 3.21. The second kappa shape index (κ2) is 34.1. The highest BCUT2D eigenvalue weighted by atomic mass is 31.2. The van der Waals surface area contributed by atoms with Crippen LogP contribution in [-0.4, -0.2) is 189 Å². The van der Waals surface area contributed by atoms with E-state index in [9.17, 15) is 53.0 Å². The number of carbonyl (C=O) groups is 4. The molecule has 26 heteroatoms. The third-order valence-corrected chi connectivity index (χ3v) is 12.7. The molecule has 0 aliphatic heterocycles. The first-order valence-corrected chi connectivity index (χ1v) is 24.6. The smallest absolute Gasteiger partial charge is 0.369 e. The highest BCUT2D eigenvalue weighted by molar-refractivity contribution is 7.72. The molecule has 0 aromatic carbocycles. The van der Waals surface area contributed by atoms with Gasteiger partial charge in [-0.2, -0.15) is 0 Å². The van der Waals surface area contributed by atoms with E-state index in [2.05, 4.69) is 21.3 Å². The Labute approximate surface area is 376 Å². The zero-order valence-corrected chi connectivity index (χ0v) is 40.0. The van der Waals surface area contributed by atoms with E-state index in [1.807, 2.05) is 6.92 Å². The van der Waals surface area contributed by atoms with Crippen LogP contribution in [-0.2, 0) is 66.2 Å². The molecular weight excluding hydrogens is 892 g/mol. The van der Waals surface area contributed by atoms with Gasteiger partial charge in [-0.25, -0.2) is 0 Å². The Balaban J connectivity index is 4.59. The van der Waals surface area contributed by atoms with Gasteiger partial charge in [-0.3, -0.25) is 28.3 Å². The van der Waals surface area contributed by atoms with Gasteiger partial charge in [-0.05, 0) is 47.5 Å². The van der Waals surface area contributed by atoms with Crippen molar-refractivity contribution in [3.8, 4) is 0 Å². The van der Waals surface area contributed by atoms with Crippen molar-refractivity contribution < 1.29 is 90.9 Å². The quantitative estimate of drug-likeness (QED) is 0.0265. The van der Waals surface area contributed by atoms with Crippen LogP contribution in [0.3, 0.4) is 0 Å². The highest BCUT2D eigenvalue weighted by Crippen LogP contribution is 2.69. The first-order chi connectivity index (χ1) is 30.0. The molecule has 0 aromatic heterocycles. The van der Waals surface area contributed by atoms with Crippen LogP contribution in [0.25, 0.3) is 0 Å². The van der Waals surface area contributed by atoms with Crippen LogP contribution in [0, 0.1) is 0 Å². The molecule has 0 aliphatic rings. The van der Waals surface area contributed by atoms with Gasteiger partial charge in [0.2, 0.25) is 23.6 Å². The number of nitrogens with one attached hydrogen (secondary N) is 4. The lowest BCUT2D eigenvalue weighted by Crippen LogP contribution is -2.42. The zero-order valence-electron chi connectivity index (χ0n) is 38.2. The van der Waals surface area contributed by atoms with Crippen LogP contribution in [0.2, 0.25) is 0 Å². The van der Waals surface area contributed by atoms with Crippen molar-refractivity contribution in [1.82, 2.24) is 21.3 Å². The van der Waals surface area contributed by atoms with Crippen molar-refractivity contribution in [2.45, 2.75) is 102 Å². The predicted octanol–water partition coefficient (Wildman–Crippen LogP) is -0.779. The molecule has 0 saturated heterocycles. The maximum absolute atomic E-state index is 12.6. The Hall–Kier alpha value is -2.22. The van der Waals surface area contributed by atoms with Crippen LogP contribution in [0.5, 0.6) is 0 Å². The van der Waals surface area contributed by atoms with E-state index in [-0.39, 0.29) is 116 Å². The SMILES string of the molecule is CCOCCNC(=O)CCOCC(COCCC(=O)NCCOC(C)(C)COC(C)(C)CCC(=O)NCCCC(O)(P(=O)(O)O)P(=O)(O)O)NC(=O)CCOCCOCCOCCN. The number of amides is 4. The summed E-state index contributed by atoms with van der Waals surface area (Å²) in [6, 6.07) is -0.558. The summed E-state index contributed by atoms with van der Waals surface area (Å²) in [6.45, 7) is 13.6. The normalized spacial score (nSPS) is 13.1. The van der Waals surface area contributed by atoms with Gasteiger partial charge in [0, 0.05) is 64.9 Å². The summed E-state index contributed by atoms with van der Waals surface area (Å²) < 4.78 is 67.5. The third-order valence-electron chi connectivity index (χ3n) is 8.83. The molecule has 0 heterocycles. The Morgan fingerprint density at radius 2 is 1.03 bits per heavy atom. The zero-order chi connectivity index (χ0) is 48.5. The van der Waals surface area contributed by atoms with Gasteiger partial charge >= 0.3 is 15.2 Å². The molecule has 0 spiro atoms. The second-order valence-corrected chi connectivity index (χ2v) is 19.7. The molecule has 0 rings (SSSR count). The lowest BCUT2D eigenvalue weighted by atomic mass is 10.0. The maximum Gasteiger partial charge on any atom is 0.369 e. The highest BCUT2D eigenvalue weighted by Gasteiger charge is 2.58. The average molecular weight is 970 g/mol. The number of hydrogen-bond donors (Lipinski definition) is 10. The molecule has 64 heavy (non-hydrogen) atoms. The summed E-state index contributed by atoms with van der Waals surface area (Å²) in [7, 11) is -11.1. The van der Waals surface area contributed by atoms with E-state index in [0.717, 1.165) is 0 Å². The summed E-state index contributed by atoms with van der Waals surface area (Å²) in [4.78, 5) is 86.4. The second-order valence-electron chi connectivity index (χ2n) is 15.7. The molecule has 0 saturated carbocycles. The standard InChI is InChI=1S/C38H77N5O19P2/c1-6-55-22-16-41-33(45)9-19-59-28-31(43-35(47)11-18-56-24-26-58-27-25-57-21-14-39)29-60-20-10-34(46)42-17-23-61-37(4,5)30-62-36(2,3)13-8-32(44)40-15-7-12-38(48,63(49,50)51)64(52,53)54/h31,48H,6-30,39H2,1-5H3,(H,40,44)(H,41,45)(H,42,46)(H,43,47)(H2,49,50,51)(H2,52,53,54). The summed E-state index contributed by atoms with van der Waals surface area (Å²) in [6.07, 6.45) is -0.721.